The zero-order chi connectivity index (χ0) is 29.5. The van der Waals surface area contributed by atoms with Gasteiger partial charge in [0, 0.05) is 45.7 Å². The number of methoxy groups -OCH3 is 3. The summed E-state index contributed by atoms with van der Waals surface area (Å²) >= 11 is 0. The van der Waals surface area contributed by atoms with Gasteiger partial charge < -0.3 is 48.5 Å². The number of benzene rings is 1. The average molecular weight is 562 g/mol. The molecule has 0 atom stereocenters. The lowest BCUT2D eigenvalue weighted by Gasteiger charge is -2.36. The summed E-state index contributed by atoms with van der Waals surface area (Å²) in [5, 5.41) is 18.8. The molecule has 0 bridgehead atoms. The van der Waals surface area contributed by atoms with E-state index in [1.807, 2.05) is 34.1 Å². The Bertz CT molecular complexity index is 1030. The molecule has 3 rings (SSSR count). The highest BCUT2D eigenvalue weighted by Crippen LogP contribution is 2.38. The number of hydrogen-bond donors (Lipinski definition) is 0. The lowest BCUT2D eigenvalue weighted by molar-refractivity contribution is -0.301. The van der Waals surface area contributed by atoms with Gasteiger partial charge in [-0.15, -0.1) is 0 Å². The van der Waals surface area contributed by atoms with Gasteiger partial charge in [-0.2, -0.15) is 0 Å². The first kappa shape index (κ1) is 32.1. The summed E-state index contributed by atoms with van der Waals surface area (Å²) in [5.74, 6) is -1.20. The minimum Gasteiger partial charge on any atom is -0.545 e. The van der Waals surface area contributed by atoms with Gasteiger partial charge in [0.05, 0.1) is 53.0 Å². The minimum atomic E-state index is -1.55. The van der Waals surface area contributed by atoms with E-state index < -0.39 is 11.9 Å². The second-order valence-corrected chi connectivity index (χ2v) is 8.69. The molecule has 2 fully saturated rings. The van der Waals surface area contributed by atoms with Crippen LogP contribution in [0.3, 0.4) is 0 Å². The lowest BCUT2D eigenvalue weighted by Crippen LogP contribution is -2.52. The number of morpholine rings is 1. The summed E-state index contributed by atoms with van der Waals surface area (Å²) in [6, 6.07) is 3.68. The molecule has 1 aromatic carbocycles. The maximum Gasteiger partial charge on any atom is 0.236 e. The van der Waals surface area contributed by atoms with Crippen LogP contribution in [-0.4, -0.2) is 119 Å². The first-order valence-electron chi connectivity index (χ1n) is 12.6. The van der Waals surface area contributed by atoms with Crippen molar-refractivity contribution in [1.29, 1.82) is 0 Å². The zero-order valence-electron chi connectivity index (χ0n) is 23.0. The number of carboxylic acid groups (broad SMARTS) is 2. The molecule has 13 heteroatoms. The van der Waals surface area contributed by atoms with Gasteiger partial charge in [0.2, 0.25) is 17.6 Å². The molecule has 0 radical (unpaired) electrons. The number of piperazine rings is 1. The van der Waals surface area contributed by atoms with Gasteiger partial charge in [-0.3, -0.25) is 14.5 Å². The molecule has 1 aromatic rings. The molecule has 220 valence electrons. The number of aliphatic carboxylic acids is 2. The average Bonchev–Trinajstić information content (AvgIpc) is 2.96. The fraction of sp³-hybridized carbons (Fsp3) is 0.481. The summed E-state index contributed by atoms with van der Waals surface area (Å²) in [4.78, 5) is 49.7. The van der Waals surface area contributed by atoms with Crippen molar-refractivity contribution < 1.29 is 48.3 Å². The Labute approximate surface area is 233 Å². The lowest BCUT2D eigenvalue weighted by atomic mass is 10.1. The van der Waals surface area contributed by atoms with Crippen LogP contribution in [0.1, 0.15) is 12.0 Å². The number of carboxylic acids is 2. The van der Waals surface area contributed by atoms with E-state index in [4.69, 9.17) is 18.9 Å². The predicted molar refractivity (Wildman–Crippen MR) is 139 cm³/mol. The maximum atomic E-state index is 12.6. The van der Waals surface area contributed by atoms with Crippen LogP contribution in [0, 0.1) is 0 Å². The van der Waals surface area contributed by atoms with Gasteiger partial charge >= 0.3 is 0 Å². The third kappa shape index (κ3) is 10.6. The SMILES string of the molecule is COc1cc(C=CCC(=O)N2CCN(CC(=O)N3CCOCC3)CC2)cc(OC)c1OC.O=C([O-])/C=C\C(=O)[O-]. The van der Waals surface area contributed by atoms with Gasteiger partial charge in [-0.25, -0.2) is 0 Å². The quantitative estimate of drug-likeness (QED) is 0.295. The van der Waals surface area contributed by atoms with E-state index in [1.165, 1.54) is 0 Å². The Hall–Kier alpha value is -4.10. The topological polar surface area (TPSA) is 161 Å². The van der Waals surface area contributed by atoms with Gasteiger partial charge in [0.15, 0.2) is 11.5 Å². The summed E-state index contributed by atoms with van der Waals surface area (Å²) in [7, 11) is 4.71. The fourth-order valence-corrected chi connectivity index (χ4v) is 4.02. The highest BCUT2D eigenvalue weighted by atomic mass is 16.5. The van der Waals surface area contributed by atoms with Crippen molar-refractivity contribution in [3.05, 3.63) is 35.9 Å². The monoisotopic (exact) mass is 561 g/mol. The van der Waals surface area contributed by atoms with Crippen molar-refractivity contribution in [3.63, 3.8) is 0 Å². The Kier molecular flexibility index (Phi) is 13.5. The van der Waals surface area contributed by atoms with Gasteiger partial charge in [0.1, 0.15) is 0 Å². The van der Waals surface area contributed by atoms with Crippen LogP contribution in [0.5, 0.6) is 17.2 Å². The van der Waals surface area contributed by atoms with E-state index in [0.717, 1.165) is 5.56 Å². The molecule has 2 amide bonds. The van der Waals surface area contributed by atoms with Gasteiger partial charge in [0.25, 0.3) is 0 Å². The summed E-state index contributed by atoms with van der Waals surface area (Å²) in [5.41, 5.74) is 0.860. The fourth-order valence-electron chi connectivity index (χ4n) is 4.02. The first-order chi connectivity index (χ1) is 19.2. The largest absolute Gasteiger partial charge is 0.545 e. The molecule has 13 nitrogen and oxygen atoms in total. The number of rotatable bonds is 10. The van der Waals surface area contributed by atoms with Gasteiger partial charge in [-0.1, -0.05) is 12.2 Å². The number of carbonyl (C=O) groups excluding carboxylic acids is 4. The standard InChI is InChI=1S/C23H33N3O6.C4H4O4/c1-29-19-15-18(16-20(30-2)23(19)31-3)5-4-6-21(27)25-9-7-24(8-10-25)17-22(28)26-11-13-32-14-12-26;5-3(6)1-2-4(7)8/h4-5,15-16H,6-14,17H2,1-3H3;1-2H,(H,5,6)(H,7,8)/p-2/b;2-1-. The van der Waals surface area contributed by atoms with E-state index in [1.54, 1.807) is 21.3 Å². The third-order valence-electron chi connectivity index (χ3n) is 6.09. The van der Waals surface area contributed by atoms with E-state index in [-0.39, 0.29) is 11.8 Å². The van der Waals surface area contributed by atoms with Crippen LogP contribution in [0.25, 0.3) is 6.08 Å². The number of nitrogens with zero attached hydrogens (tertiary/aromatic N) is 3. The zero-order valence-corrected chi connectivity index (χ0v) is 23.0. The highest BCUT2D eigenvalue weighted by Gasteiger charge is 2.24. The molecular weight excluding hydrogens is 526 g/mol. The van der Waals surface area contributed by atoms with Crippen LogP contribution in [-0.2, 0) is 23.9 Å². The van der Waals surface area contributed by atoms with Crippen LogP contribution < -0.4 is 24.4 Å². The smallest absolute Gasteiger partial charge is 0.236 e. The molecule has 2 heterocycles. The molecule has 0 N–H and O–H groups in total. The van der Waals surface area contributed by atoms with Gasteiger partial charge in [-0.05, 0) is 29.8 Å². The molecule has 0 spiro atoms. The second-order valence-electron chi connectivity index (χ2n) is 8.69. The summed E-state index contributed by atoms with van der Waals surface area (Å²) in [6.45, 7) is 5.63. The van der Waals surface area contributed by atoms with Crippen molar-refractivity contribution in [3.8, 4) is 17.2 Å². The van der Waals surface area contributed by atoms with E-state index >= 15 is 0 Å². The molecule has 0 aromatic heterocycles. The Morgan fingerprint density at radius 2 is 1.32 bits per heavy atom. The van der Waals surface area contributed by atoms with Crippen LogP contribution in [0.15, 0.2) is 30.4 Å². The van der Waals surface area contributed by atoms with Crippen LogP contribution >= 0.6 is 0 Å². The predicted octanol–water partition coefficient (Wildman–Crippen LogP) is -1.84. The van der Waals surface area contributed by atoms with Crippen molar-refractivity contribution >= 4 is 29.8 Å². The van der Waals surface area contributed by atoms with Crippen molar-refractivity contribution in [2.24, 2.45) is 0 Å². The number of hydrogen-bond acceptors (Lipinski definition) is 11. The molecule has 0 aliphatic carbocycles. The molecular formula is C27H35N3O10-2. The molecule has 2 aliphatic heterocycles. The molecule has 0 unspecified atom stereocenters. The van der Waals surface area contributed by atoms with Crippen molar-refractivity contribution in [1.82, 2.24) is 14.7 Å². The Morgan fingerprint density at radius 3 is 1.80 bits per heavy atom. The van der Waals surface area contributed by atoms with E-state index in [9.17, 15) is 29.4 Å². The third-order valence-corrected chi connectivity index (χ3v) is 6.09. The molecule has 2 aliphatic rings. The maximum absolute atomic E-state index is 12.6. The normalized spacial score (nSPS) is 15.9. The Morgan fingerprint density at radius 1 is 0.800 bits per heavy atom. The number of carbonyl (C=O) groups is 4. The molecule has 40 heavy (non-hydrogen) atoms. The minimum absolute atomic E-state index is 0.0767. The number of amides is 2. The Balaban J connectivity index is 0.000000611. The van der Waals surface area contributed by atoms with E-state index in [2.05, 4.69) is 4.90 Å². The first-order valence-corrected chi connectivity index (χ1v) is 12.6. The number of ether oxygens (including phenoxy) is 4. The van der Waals surface area contributed by atoms with Crippen LogP contribution in [0.4, 0.5) is 0 Å². The molecule has 2 saturated heterocycles. The highest BCUT2D eigenvalue weighted by molar-refractivity contribution is 5.87. The van der Waals surface area contributed by atoms with Crippen LogP contribution in [0.2, 0.25) is 0 Å². The molecule has 0 saturated carbocycles. The van der Waals surface area contributed by atoms with E-state index in [0.29, 0.717) is 94.8 Å². The summed E-state index contributed by atoms with van der Waals surface area (Å²) in [6.07, 6.45) is 4.80. The summed E-state index contributed by atoms with van der Waals surface area (Å²) < 4.78 is 21.4. The van der Waals surface area contributed by atoms with Crippen molar-refractivity contribution in [2.45, 2.75) is 6.42 Å². The second kappa shape index (κ2) is 16.8. The van der Waals surface area contributed by atoms with Crippen molar-refractivity contribution in [2.75, 3.05) is 80.4 Å².